The summed E-state index contributed by atoms with van der Waals surface area (Å²) in [6.07, 6.45) is 0.851. The Labute approximate surface area is 187 Å². The summed E-state index contributed by atoms with van der Waals surface area (Å²) in [5.41, 5.74) is 5.10. The number of morpholine rings is 1. The van der Waals surface area contributed by atoms with E-state index in [1.54, 1.807) is 12.1 Å². The van der Waals surface area contributed by atoms with Crippen LogP contribution in [0, 0.1) is 0 Å². The van der Waals surface area contributed by atoms with Crippen molar-refractivity contribution < 1.29 is 14.6 Å². The van der Waals surface area contributed by atoms with Gasteiger partial charge in [0.1, 0.15) is 5.75 Å². The number of phenolic OH excluding ortho intramolecular Hbond substituents is 1. The zero-order valence-corrected chi connectivity index (χ0v) is 18.1. The molecule has 7 heteroatoms. The standard InChI is InChI=1S/C25H28N4O3/c30-21-8-6-20(7-9-21)16-27-11-10-23-22(18-27)24(25(31)28-12-14-32-15-13-28)26-29(23)17-19-4-2-1-3-5-19/h1-9,30H,10-18H2. The maximum atomic E-state index is 13.4. The molecule has 0 spiro atoms. The molecule has 7 nitrogen and oxygen atoms in total. The zero-order chi connectivity index (χ0) is 21.9. The Bertz CT molecular complexity index is 1070. The Kier molecular flexibility index (Phi) is 5.92. The smallest absolute Gasteiger partial charge is 0.274 e. The first-order chi connectivity index (χ1) is 15.7. The van der Waals surface area contributed by atoms with Gasteiger partial charge in [0, 0.05) is 50.4 Å². The average Bonchev–Trinajstić information content (AvgIpc) is 3.19. The van der Waals surface area contributed by atoms with Gasteiger partial charge in [0.25, 0.3) is 5.91 Å². The van der Waals surface area contributed by atoms with Crippen LogP contribution in [0.5, 0.6) is 5.75 Å². The number of nitrogens with zero attached hydrogens (tertiary/aromatic N) is 4. The highest BCUT2D eigenvalue weighted by atomic mass is 16.5. The van der Waals surface area contributed by atoms with Gasteiger partial charge < -0.3 is 14.7 Å². The number of benzene rings is 2. The summed E-state index contributed by atoms with van der Waals surface area (Å²) in [5.74, 6) is 0.276. The van der Waals surface area contributed by atoms with E-state index in [1.807, 2.05) is 39.9 Å². The zero-order valence-electron chi connectivity index (χ0n) is 18.1. The van der Waals surface area contributed by atoms with Crippen molar-refractivity contribution in [2.24, 2.45) is 0 Å². The first-order valence-corrected chi connectivity index (χ1v) is 11.2. The van der Waals surface area contributed by atoms with E-state index in [4.69, 9.17) is 9.84 Å². The van der Waals surface area contributed by atoms with Gasteiger partial charge in [-0.25, -0.2) is 0 Å². The largest absolute Gasteiger partial charge is 0.508 e. The lowest BCUT2D eigenvalue weighted by Gasteiger charge is -2.29. The van der Waals surface area contributed by atoms with Gasteiger partial charge in [-0.1, -0.05) is 42.5 Å². The molecule has 0 aliphatic carbocycles. The second kappa shape index (κ2) is 9.14. The topological polar surface area (TPSA) is 70.8 Å². The molecule has 0 unspecified atom stereocenters. The van der Waals surface area contributed by atoms with Crippen LogP contribution >= 0.6 is 0 Å². The van der Waals surface area contributed by atoms with E-state index < -0.39 is 0 Å². The summed E-state index contributed by atoms with van der Waals surface area (Å²) in [5, 5.41) is 14.4. The van der Waals surface area contributed by atoms with E-state index >= 15 is 0 Å². The summed E-state index contributed by atoms with van der Waals surface area (Å²) >= 11 is 0. The minimum atomic E-state index is 0.00263. The second-order valence-corrected chi connectivity index (χ2v) is 8.45. The Morgan fingerprint density at radius 3 is 2.41 bits per heavy atom. The first kappa shape index (κ1) is 20.7. The molecule has 3 aromatic rings. The van der Waals surface area contributed by atoms with Crippen molar-refractivity contribution in [3.63, 3.8) is 0 Å². The minimum Gasteiger partial charge on any atom is -0.508 e. The van der Waals surface area contributed by atoms with Crippen LogP contribution in [-0.2, 0) is 30.8 Å². The van der Waals surface area contributed by atoms with Crippen molar-refractivity contribution in [3.05, 3.63) is 82.7 Å². The van der Waals surface area contributed by atoms with Gasteiger partial charge in [0.2, 0.25) is 0 Å². The van der Waals surface area contributed by atoms with Crippen molar-refractivity contribution >= 4 is 5.91 Å². The number of ether oxygens (including phenoxy) is 1. The lowest BCUT2D eigenvalue weighted by Crippen LogP contribution is -2.41. The maximum absolute atomic E-state index is 13.4. The molecule has 1 amide bonds. The fourth-order valence-electron chi connectivity index (χ4n) is 4.52. The maximum Gasteiger partial charge on any atom is 0.274 e. The van der Waals surface area contributed by atoms with E-state index in [2.05, 4.69) is 17.0 Å². The van der Waals surface area contributed by atoms with Gasteiger partial charge >= 0.3 is 0 Å². The number of hydrogen-bond acceptors (Lipinski definition) is 5. The van der Waals surface area contributed by atoms with Crippen LogP contribution in [0.15, 0.2) is 54.6 Å². The molecule has 3 heterocycles. The van der Waals surface area contributed by atoms with Crippen LogP contribution in [0.3, 0.4) is 0 Å². The molecule has 2 aliphatic heterocycles. The number of phenols is 1. The molecule has 32 heavy (non-hydrogen) atoms. The number of rotatable bonds is 5. The quantitative estimate of drug-likeness (QED) is 0.671. The number of hydrogen-bond donors (Lipinski definition) is 1. The molecule has 0 saturated carbocycles. The van der Waals surface area contributed by atoms with E-state index in [1.165, 1.54) is 5.56 Å². The third kappa shape index (κ3) is 4.40. The molecule has 0 radical (unpaired) electrons. The molecule has 0 atom stereocenters. The number of fused-ring (bicyclic) bond motifs is 1. The lowest BCUT2D eigenvalue weighted by molar-refractivity contribution is 0.0297. The second-order valence-electron chi connectivity index (χ2n) is 8.45. The van der Waals surface area contributed by atoms with Crippen molar-refractivity contribution in [1.29, 1.82) is 0 Å². The van der Waals surface area contributed by atoms with E-state index in [0.717, 1.165) is 36.3 Å². The Morgan fingerprint density at radius 2 is 1.66 bits per heavy atom. The Hall–Kier alpha value is -3.16. The summed E-state index contributed by atoms with van der Waals surface area (Å²) in [6, 6.07) is 17.6. The van der Waals surface area contributed by atoms with E-state index in [-0.39, 0.29) is 11.7 Å². The molecule has 2 aliphatic rings. The fraction of sp³-hybridized carbons (Fsp3) is 0.360. The molecule has 166 valence electrons. The number of aromatic hydroxyl groups is 1. The third-order valence-corrected chi connectivity index (χ3v) is 6.23. The van der Waals surface area contributed by atoms with Gasteiger partial charge in [-0.15, -0.1) is 0 Å². The van der Waals surface area contributed by atoms with Gasteiger partial charge in [0.05, 0.1) is 19.8 Å². The van der Waals surface area contributed by atoms with Crippen LogP contribution in [0.4, 0.5) is 0 Å². The molecule has 5 rings (SSSR count). The van der Waals surface area contributed by atoms with Crippen molar-refractivity contribution in [2.45, 2.75) is 26.1 Å². The fourth-order valence-corrected chi connectivity index (χ4v) is 4.52. The van der Waals surface area contributed by atoms with Crippen LogP contribution in [0.1, 0.15) is 32.9 Å². The number of amides is 1. The van der Waals surface area contributed by atoms with Gasteiger partial charge in [-0.3, -0.25) is 14.4 Å². The number of carbonyl (C=O) groups is 1. The molecular weight excluding hydrogens is 404 g/mol. The molecule has 1 aromatic heterocycles. The molecular formula is C25H28N4O3. The molecule has 1 fully saturated rings. The van der Waals surface area contributed by atoms with Gasteiger partial charge in [-0.2, -0.15) is 5.10 Å². The van der Waals surface area contributed by atoms with Crippen LogP contribution in [0.2, 0.25) is 0 Å². The molecule has 0 bridgehead atoms. The van der Waals surface area contributed by atoms with Crippen molar-refractivity contribution in [2.75, 3.05) is 32.8 Å². The summed E-state index contributed by atoms with van der Waals surface area (Å²) in [7, 11) is 0. The molecule has 1 saturated heterocycles. The van der Waals surface area contributed by atoms with Gasteiger partial charge in [-0.05, 0) is 23.3 Å². The average molecular weight is 433 g/mol. The molecule has 2 aromatic carbocycles. The summed E-state index contributed by atoms with van der Waals surface area (Å²) < 4.78 is 7.45. The normalized spacial score (nSPS) is 16.7. The highest BCUT2D eigenvalue weighted by Gasteiger charge is 2.31. The van der Waals surface area contributed by atoms with Crippen molar-refractivity contribution in [3.8, 4) is 5.75 Å². The minimum absolute atomic E-state index is 0.00263. The summed E-state index contributed by atoms with van der Waals surface area (Å²) in [4.78, 5) is 17.6. The van der Waals surface area contributed by atoms with Crippen molar-refractivity contribution in [1.82, 2.24) is 19.6 Å². The van der Waals surface area contributed by atoms with E-state index in [0.29, 0.717) is 45.1 Å². The highest BCUT2D eigenvalue weighted by Crippen LogP contribution is 2.26. The molecule has 1 N–H and O–H groups in total. The third-order valence-electron chi connectivity index (χ3n) is 6.23. The predicted molar refractivity (Wildman–Crippen MR) is 120 cm³/mol. The predicted octanol–water partition coefficient (Wildman–Crippen LogP) is 2.67. The number of aromatic nitrogens is 2. The van der Waals surface area contributed by atoms with E-state index in [9.17, 15) is 9.90 Å². The monoisotopic (exact) mass is 432 g/mol. The lowest BCUT2D eigenvalue weighted by atomic mass is 10.0. The van der Waals surface area contributed by atoms with Gasteiger partial charge in [0.15, 0.2) is 5.69 Å². The first-order valence-electron chi connectivity index (χ1n) is 11.2. The Balaban J connectivity index is 1.43. The SMILES string of the molecule is O=C(c1nn(Cc2ccccc2)c2c1CN(Cc1ccc(O)cc1)CC2)N1CCOCC1. The highest BCUT2D eigenvalue weighted by molar-refractivity contribution is 5.94. The van der Waals surface area contributed by atoms with Crippen LogP contribution in [0.25, 0.3) is 0 Å². The number of carbonyl (C=O) groups excluding carboxylic acids is 1. The van der Waals surface area contributed by atoms with Crippen LogP contribution < -0.4 is 0 Å². The summed E-state index contributed by atoms with van der Waals surface area (Å²) in [6.45, 7) is 5.40. The Morgan fingerprint density at radius 1 is 0.938 bits per heavy atom. The van der Waals surface area contributed by atoms with Crippen LogP contribution in [-0.4, -0.2) is 63.4 Å².